The van der Waals surface area contributed by atoms with Gasteiger partial charge in [0.15, 0.2) is 0 Å². The van der Waals surface area contributed by atoms with Crippen molar-refractivity contribution >= 4 is 5.57 Å². The third kappa shape index (κ3) is 1.60. The van der Waals surface area contributed by atoms with Gasteiger partial charge >= 0.3 is 0 Å². The molecule has 92 valence electrons. The van der Waals surface area contributed by atoms with Gasteiger partial charge in [0, 0.05) is 0 Å². The average Bonchev–Trinajstić information content (AvgIpc) is 3.05. The normalized spacial score (nSPS) is 15.3. The highest BCUT2D eigenvalue weighted by atomic mass is 14.3. The standard InChI is InChI=1S/C19H16/c1-13-10-17(14-6-2-3-7-14)19-12-15-8-4-5-9-16(15)18(19)11-13/h2-6,8-11H,7,12H2,1H3. The molecule has 0 heteroatoms. The first-order valence-corrected chi connectivity index (χ1v) is 6.91. The lowest BCUT2D eigenvalue weighted by Crippen LogP contribution is -1.92. The Morgan fingerprint density at radius 3 is 2.63 bits per heavy atom. The van der Waals surface area contributed by atoms with Crippen molar-refractivity contribution in [3.05, 3.63) is 76.9 Å². The predicted molar refractivity (Wildman–Crippen MR) is 81.2 cm³/mol. The highest BCUT2D eigenvalue weighted by Gasteiger charge is 2.22. The van der Waals surface area contributed by atoms with Gasteiger partial charge in [-0.05, 0) is 58.7 Å². The molecular weight excluding hydrogens is 228 g/mol. The predicted octanol–water partition coefficient (Wildman–Crippen LogP) is 4.91. The van der Waals surface area contributed by atoms with Crippen molar-refractivity contribution in [3.63, 3.8) is 0 Å². The van der Waals surface area contributed by atoms with E-state index in [1.54, 1.807) is 0 Å². The largest absolute Gasteiger partial charge is 0.0801 e. The lowest BCUT2D eigenvalue weighted by atomic mass is 9.93. The van der Waals surface area contributed by atoms with Crippen LogP contribution < -0.4 is 0 Å². The molecule has 19 heavy (non-hydrogen) atoms. The topological polar surface area (TPSA) is 0 Å². The molecule has 2 aromatic rings. The van der Waals surface area contributed by atoms with Crippen LogP contribution >= 0.6 is 0 Å². The minimum Gasteiger partial charge on any atom is -0.0801 e. The van der Waals surface area contributed by atoms with Crippen molar-refractivity contribution in [2.75, 3.05) is 0 Å². The SMILES string of the molecule is Cc1cc(C2=CC=CC2)c2c(c1)-c1ccccc1C2. The molecular formula is C19H16. The van der Waals surface area contributed by atoms with E-state index in [2.05, 4.69) is 61.5 Å². The summed E-state index contributed by atoms with van der Waals surface area (Å²) < 4.78 is 0. The Bertz CT molecular complexity index is 730. The molecule has 0 unspecified atom stereocenters. The Labute approximate surface area is 114 Å². The number of aryl methyl sites for hydroxylation is 1. The smallest absolute Gasteiger partial charge is 0.000740 e. The summed E-state index contributed by atoms with van der Waals surface area (Å²) in [5.41, 5.74) is 10.1. The second-order valence-electron chi connectivity index (χ2n) is 5.50. The molecule has 2 aliphatic carbocycles. The molecule has 0 aromatic heterocycles. The van der Waals surface area contributed by atoms with E-state index in [0.717, 1.165) is 12.8 Å². The van der Waals surface area contributed by atoms with Crippen LogP contribution in [-0.4, -0.2) is 0 Å². The second kappa shape index (κ2) is 3.96. The van der Waals surface area contributed by atoms with E-state index < -0.39 is 0 Å². The quantitative estimate of drug-likeness (QED) is 0.570. The van der Waals surface area contributed by atoms with Crippen LogP contribution in [0.3, 0.4) is 0 Å². The molecule has 0 N–H and O–H groups in total. The summed E-state index contributed by atoms with van der Waals surface area (Å²) >= 11 is 0. The van der Waals surface area contributed by atoms with E-state index in [9.17, 15) is 0 Å². The maximum Gasteiger partial charge on any atom is -0.000740 e. The highest BCUT2D eigenvalue weighted by molar-refractivity contribution is 5.85. The Morgan fingerprint density at radius 1 is 0.947 bits per heavy atom. The fourth-order valence-corrected chi connectivity index (χ4v) is 3.31. The number of hydrogen-bond acceptors (Lipinski definition) is 0. The van der Waals surface area contributed by atoms with Crippen LogP contribution in [0.4, 0.5) is 0 Å². The molecule has 0 atom stereocenters. The highest BCUT2D eigenvalue weighted by Crippen LogP contribution is 2.42. The van der Waals surface area contributed by atoms with Gasteiger partial charge in [0.05, 0.1) is 0 Å². The number of rotatable bonds is 1. The molecule has 2 aliphatic rings. The number of fused-ring (bicyclic) bond motifs is 3. The van der Waals surface area contributed by atoms with Gasteiger partial charge in [-0.15, -0.1) is 0 Å². The molecule has 0 aliphatic heterocycles. The molecule has 4 rings (SSSR count). The first-order valence-electron chi connectivity index (χ1n) is 6.91. The molecule has 0 saturated carbocycles. The van der Waals surface area contributed by atoms with Gasteiger partial charge in [0.2, 0.25) is 0 Å². The van der Waals surface area contributed by atoms with Gasteiger partial charge < -0.3 is 0 Å². The lowest BCUT2D eigenvalue weighted by Gasteiger charge is -2.11. The van der Waals surface area contributed by atoms with Gasteiger partial charge in [0.25, 0.3) is 0 Å². The second-order valence-corrected chi connectivity index (χ2v) is 5.50. The summed E-state index contributed by atoms with van der Waals surface area (Å²) in [7, 11) is 0. The van der Waals surface area contributed by atoms with Crippen LogP contribution in [0.5, 0.6) is 0 Å². The van der Waals surface area contributed by atoms with Gasteiger partial charge in [-0.3, -0.25) is 0 Å². The molecule has 0 fully saturated rings. The zero-order valence-corrected chi connectivity index (χ0v) is 11.1. The molecule has 0 radical (unpaired) electrons. The Hall–Kier alpha value is -2.08. The molecule has 0 spiro atoms. The van der Waals surface area contributed by atoms with E-state index in [4.69, 9.17) is 0 Å². The fourth-order valence-electron chi connectivity index (χ4n) is 3.31. The Kier molecular flexibility index (Phi) is 2.25. The summed E-state index contributed by atoms with van der Waals surface area (Å²) in [5.74, 6) is 0. The van der Waals surface area contributed by atoms with Crippen LogP contribution in [0.25, 0.3) is 16.7 Å². The van der Waals surface area contributed by atoms with Crippen LogP contribution in [0, 0.1) is 6.92 Å². The summed E-state index contributed by atoms with van der Waals surface area (Å²) in [6.45, 7) is 2.20. The molecule has 0 nitrogen and oxygen atoms in total. The molecule has 0 bridgehead atoms. The third-order valence-electron chi connectivity index (χ3n) is 4.19. The van der Waals surface area contributed by atoms with Crippen LogP contribution in [0.1, 0.15) is 28.7 Å². The summed E-state index contributed by atoms with van der Waals surface area (Å²) in [6, 6.07) is 13.5. The summed E-state index contributed by atoms with van der Waals surface area (Å²) in [5, 5.41) is 0. The van der Waals surface area contributed by atoms with E-state index in [0.29, 0.717) is 0 Å². The van der Waals surface area contributed by atoms with Crippen molar-refractivity contribution in [1.29, 1.82) is 0 Å². The van der Waals surface area contributed by atoms with Crippen molar-refractivity contribution in [2.24, 2.45) is 0 Å². The third-order valence-corrected chi connectivity index (χ3v) is 4.19. The first kappa shape index (κ1) is 10.8. The van der Waals surface area contributed by atoms with Crippen molar-refractivity contribution in [2.45, 2.75) is 19.8 Å². The molecule has 0 saturated heterocycles. The molecule has 0 amide bonds. The lowest BCUT2D eigenvalue weighted by molar-refractivity contribution is 1.23. The number of allylic oxidation sites excluding steroid dienone is 4. The fraction of sp³-hybridized carbons (Fsp3) is 0.158. The van der Waals surface area contributed by atoms with E-state index in [1.807, 2.05) is 0 Å². The first-order chi connectivity index (χ1) is 9.33. The van der Waals surface area contributed by atoms with Crippen molar-refractivity contribution in [1.82, 2.24) is 0 Å². The molecule has 2 aromatic carbocycles. The van der Waals surface area contributed by atoms with Gasteiger partial charge in [-0.1, -0.05) is 54.6 Å². The van der Waals surface area contributed by atoms with Gasteiger partial charge in [0.1, 0.15) is 0 Å². The minimum absolute atomic E-state index is 1.08. The molecule has 0 heterocycles. The number of hydrogen-bond donors (Lipinski definition) is 0. The monoisotopic (exact) mass is 244 g/mol. The van der Waals surface area contributed by atoms with E-state index in [1.165, 1.54) is 39.0 Å². The van der Waals surface area contributed by atoms with Gasteiger partial charge in [-0.25, -0.2) is 0 Å². The zero-order chi connectivity index (χ0) is 12.8. The van der Waals surface area contributed by atoms with Crippen LogP contribution in [-0.2, 0) is 6.42 Å². The number of benzene rings is 2. The summed E-state index contributed by atoms with van der Waals surface area (Å²) in [4.78, 5) is 0. The van der Waals surface area contributed by atoms with E-state index >= 15 is 0 Å². The van der Waals surface area contributed by atoms with Crippen LogP contribution in [0.15, 0.2) is 54.6 Å². The average molecular weight is 244 g/mol. The Balaban J connectivity index is 1.96. The van der Waals surface area contributed by atoms with Crippen LogP contribution in [0.2, 0.25) is 0 Å². The zero-order valence-electron chi connectivity index (χ0n) is 11.1. The maximum absolute atomic E-state index is 2.35. The minimum atomic E-state index is 1.08. The van der Waals surface area contributed by atoms with Crippen molar-refractivity contribution < 1.29 is 0 Å². The summed E-state index contributed by atoms with van der Waals surface area (Å²) in [6.07, 6.45) is 8.83. The maximum atomic E-state index is 2.35. The van der Waals surface area contributed by atoms with E-state index in [-0.39, 0.29) is 0 Å². The van der Waals surface area contributed by atoms with Crippen molar-refractivity contribution in [3.8, 4) is 11.1 Å². The van der Waals surface area contributed by atoms with Gasteiger partial charge in [-0.2, -0.15) is 0 Å². The Morgan fingerprint density at radius 2 is 1.79 bits per heavy atom.